The summed E-state index contributed by atoms with van der Waals surface area (Å²) < 4.78 is 0.952. The van der Waals surface area contributed by atoms with Crippen molar-refractivity contribution in [3.63, 3.8) is 0 Å². The van der Waals surface area contributed by atoms with E-state index < -0.39 is 0 Å². The normalized spacial score (nSPS) is 10.1. The Hall–Kier alpha value is -1.32. The standard InChI is InChI=1S/C6H6IN7/c7-4-1-8-3-10-6(4)9-2-5-11-13-14-12-5/h1,3H,2H2,(H,8,9,10)(H,11,12,13,14). The molecule has 8 heteroatoms. The molecule has 0 unspecified atom stereocenters. The molecule has 0 saturated heterocycles. The smallest absolute Gasteiger partial charge is 0.193 e. The Kier molecular flexibility index (Phi) is 2.81. The Bertz CT molecular complexity index is 400. The number of halogens is 1. The second kappa shape index (κ2) is 4.26. The van der Waals surface area contributed by atoms with Gasteiger partial charge >= 0.3 is 0 Å². The number of aromatic amines is 1. The van der Waals surface area contributed by atoms with Gasteiger partial charge < -0.3 is 5.32 Å². The summed E-state index contributed by atoms with van der Waals surface area (Å²) in [5.41, 5.74) is 0. The zero-order chi connectivity index (χ0) is 9.80. The Labute approximate surface area is 92.9 Å². The summed E-state index contributed by atoms with van der Waals surface area (Å²) in [7, 11) is 0. The van der Waals surface area contributed by atoms with Gasteiger partial charge in [-0.05, 0) is 22.6 Å². The minimum Gasteiger partial charge on any atom is -0.362 e. The number of anilines is 1. The molecule has 2 aromatic rings. The van der Waals surface area contributed by atoms with Crippen LogP contribution >= 0.6 is 22.6 Å². The molecule has 2 aromatic heterocycles. The van der Waals surface area contributed by atoms with Crippen LogP contribution in [0.1, 0.15) is 5.82 Å². The first-order valence-corrected chi connectivity index (χ1v) is 4.86. The summed E-state index contributed by atoms with van der Waals surface area (Å²) in [6, 6.07) is 0. The fourth-order valence-corrected chi connectivity index (χ4v) is 1.35. The Morgan fingerprint density at radius 1 is 1.50 bits per heavy atom. The highest BCUT2D eigenvalue weighted by atomic mass is 127. The minimum atomic E-state index is 0.490. The number of hydrogen-bond donors (Lipinski definition) is 2. The molecule has 14 heavy (non-hydrogen) atoms. The molecule has 7 nitrogen and oxygen atoms in total. The quantitative estimate of drug-likeness (QED) is 0.787. The lowest BCUT2D eigenvalue weighted by Gasteiger charge is -2.02. The van der Waals surface area contributed by atoms with Crippen LogP contribution in [0.5, 0.6) is 0 Å². The summed E-state index contributed by atoms with van der Waals surface area (Å²) in [4.78, 5) is 7.94. The van der Waals surface area contributed by atoms with Gasteiger partial charge in [0, 0.05) is 6.20 Å². The summed E-state index contributed by atoms with van der Waals surface area (Å²) in [5.74, 6) is 1.37. The van der Waals surface area contributed by atoms with E-state index in [-0.39, 0.29) is 0 Å². The molecule has 2 heterocycles. The average Bonchev–Trinajstić information content (AvgIpc) is 2.69. The zero-order valence-electron chi connectivity index (χ0n) is 6.98. The van der Waals surface area contributed by atoms with Crippen LogP contribution in [-0.4, -0.2) is 30.6 Å². The number of tetrazole rings is 1. The van der Waals surface area contributed by atoms with Crippen molar-refractivity contribution >= 4 is 28.4 Å². The summed E-state index contributed by atoms with van der Waals surface area (Å²) >= 11 is 2.15. The van der Waals surface area contributed by atoms with E-state index in [4.69, 9.17) is 0 Å². The molecule has 72 valence electrons. The second-order valence-corrected chi connectivity index (χ2v) is 3.56. The zero-order valence-corrected chi connectivity index (χ0v) is 9.13. The third kappa shape index (κ3) is 2.13. The van der Waals surface area contributed by atoms with Crippen molar-refractivity contribution in [3.8, 4) is 0 Å². The minimum absolute atomic E-state index is 0.490. The molecule has 0 saturated carbocycles. The Morgan fingerprint density at radius 3 is 3.14 bits per heavy atom. The number of rotatable bonds is 3. The van der Waals surface area contributed by atoms with Crippen molar-refractivity contribution in [2.75, 3.05) is 5.32 Å². The molecule has 0 aliphatic rings. The molecule has 0 spiro atoms. The molecule has 0 aliphatic carbocycles. The van der Waals surface area contributed by atoms with Crippen molar-refractivity contribution in [1.29, 1.82) is 0 Å². The first kappa shape index (κ1) is 9.24. The van der Waals surface area contributed by atoms with E-state index in [0.29, 0.717) is 12.4 Å². The number of H-pyrrole nitrogens is 1. The van der Waals surface area contributed by atoms with E-state index in [1.54, 1.807) is 6.20 Å². The molecule has 0 atom stereocenters. The van der Waals surface area contributed by atoms with Gasteiger partial charge in [0.15, 0.2) is 5.82 Å². The van der Waals surface area contributed by atoms with Crippen LogP contribution in [0.4, 0.5) is 5.82 Å². The van der Waals surface area contributed by atoms with Crippen molar-refractivity contribution in [2.24, 2.45) is 0 Å². The van der Waals surface area contributed by atoms with E-state index in [1.165, 1.54) is 6.33 Å². The van der Waals surface area contributed by atoms with Gasteiger partial charge in [-0.2, -0.15) is 5.21 Å². The van der Waals surface area contributed by atoms with E-state index >= 15 is 0 Å². The fraction of sp³-hybridized carbons (Fsp3) is 0.167. The van der Waals surface area contributed by atoms with E-state index in [2.05, 4.69) is 58.5 Å². The second-order valence-electron chi connectivity index (χ2n) is 2.40. The van der Waals surface area contributed by atoms with Gasteiger partial charge in [0.1, 0.15) is 12.1 Å². The molecule has 0 bridgehead atoms. The van der Waals surface area contributed by atoms with Crippen molar-refractivity contribution < 1.29 is 0 Å². The van der Waals surface area contributed by atoms with Gasteiger partial charge in [-0.25, -0.2) is 9.97 Å². The first-order valence-electron chi connectivity index (χ1n) is 3.78. The molecule has 0 radical (unpaired) electrons. The van der Waals surface area contributed by atoms with Gasteiger partial charge in [0.05, 0.1) is 10.1 Å². The molecule has 0 aromatic carbocycles. The lowest BCUT2D eigenvalue weighted by atomic mass is 10.5. The highest BCUT2D eigenvalue weighted by Gasteiger charge is 2.01. The monoisotopic (exact) mass is 303 g/mol. The molecule has 2 rings (SSSR count). The Balaban J connectivity index is 2.02. The third-order valence-electron chi connectivity index (χ3n) is 1.47. The fourth-order valence-electron chi connectivity index (χ4n) is 0.863. The van der Waals surface area contributed by atoms with Crippen LogP contribution in [0, 0.1) is 3.57 Å². The van der Waals surface area contributed by atoms with Gasteiger partial charge in [0.2, 0.25) is 0 Å². The van der Waals surface area contributed by atoms with Gasteiger partial charge in [-0.3, -0.25) is 0 Å². The summed E-state index contributed by atoms with van der Waals surface area (Å²) in [5, 5.41) is 16.5. The van der Waals surface area contributed by atoms with E-state index in [0.717, 1.165) is 9.39 Å². The largest absolute Gasteiger partial charge is 0.362 e. The van der Waals surface area contributed by atoms with Crippen LogP contribution in [0.15, 0.2) is 12.5 Å². The molecule has 0 amide bonds. The predicted octanol–water partition coefficient (Wildman–Crippen LogP) is 0.206. The highest BCUT2D eigenvalue weighted by molar-refractivity contribution is 14.1. The lowest BCUT2D eigenvalue weighted by Crippen LogP contribution is -2.04. The molecule has 2 N–H and O–H groups in total. The SMILES string of the molecule is Ic1cncnc1NCc1nn[nH]n1. The summed E-state index contributed by atoms with van der Waals surface area (Å²) in [6.45, 7) is 0.490. The topological polar surface area (TPSA) is 92.3 Å². The average molecular weight is 303 g/mol. The number of nitrogens with zero attached hydrogens (tertiary/aromatic N) is 5. The van der Waals surface area contributed by atoms with Crippen LogP contribution in [0.3, 0.4) is 0 Å². The van der Waals surface area contributed by atoms with E-state index in [1.807, 2.05) is 0 Å². The maximum absolute atomic E-state index is 4.06. The predicted molar refractivity (Wildman–Crippen MR) is 56.3 cm³/mol. The highest BCUT2D eigenvalue weighted by Crippen LogP contribution is 2.12. The van der Waals surface area contributed by atoms with Gasteiger partial charge in [-0.15, -0.1) is 10.2 Å². The first-order chi connectivity index (χ1) is 6.86. The van der Waals surface area contributed by atoms with Crippen molar-refractivity contribution in [2.45, 2.75) is 6.54 Å². The van der Waals surface area contributed by atoms with Gasteiger partial charge in [-0.1, -0.05) is 5.21 Å². The van der Waals surface area contributed by atoms with Crippen LogP contribution in [-0.2, 0) is 6.54 Å². The number of hydrogen-bond acceptors (Lipinski definition) is 6. The maximum atomic E-state index is 4.06. The third-order valence-corrected chi connectivity index (χ3v) is 2.26. The molecule has 0 fully saturated rings. The number of aromatic nitrogens is 6. The molecule has 0 aliphatic heterocycles. The molecular formula is C6H6IN7. The Morgan fingerprint density at radius 2 is 2.43 bits per heavy atom. The van der Waals surface area contributed by atoms with E-state index in [9.17, 15) is 0 Å². The summed E-state index contributed by atoms with van der Waals surface area (Å²) in [6.07, 6.45) is 3.22. The van der Waals surface area contributed by atoms with Crippen molar-refractivity contribution in [3.05, 3.63) is 21.9 Å². The van der Waals surface area contributed by atoms with Crippen molar-refractivity contribution in [1.82, 2.24) is 30.6 Å². The van der Waals surface area contributed by atoms with Gasteiger partial charge in [0.25, 0.3) is 0 Å². The lowest BCUT2D eigenvalue weighted by molar-refractivity contribution is 0.881. The van der Waals surface area contributed by atoms with Crippen LogP contribution < -0.4 is 5.32 Å². The molecular weight excluding hydrogens is 297 g/mol. The number of nitrogens with one attached hydrogen (secondary N) is 2. The van der Waals surface area contributed by atoms with Crippen LogP contribution in [0.2, 0.25) is 0 Å². The maximum Gasteiger partial charge on any atom is 0.193 e. The van der Waals surface area contributed by atoms with Crippen LogP contribution in [0.25, 0.3) is 0 Å².